The number of nitrogens with zero attached hydrogens (tertiary/aromatic N) is 4. The molecule has 0 spiro atoms. The number of nitrogens with one attached hydrogen (secondary N) is 1. The van der Waals surface area contributed by atoms with Crippen molar-refractivity contribution >= 4 is 5.97 Å². The molecule has 1 aliphatic heterocycles. The first-order valence-electron chi connectivity index (χ1n) is 10.6. The number of carbonyl (C=O) groups is 1. The SMILES string of the molecule is Cc1c(CCNCc2cnn(-c3cc(C4CC4)c(C#N)cn3)c2)ccc2c1COC2=O. The summed E-state index contributed by atoms with van der Waals surface area (Å²) in [5.41, 5.74) is 6.92. The number of aromatic nitrogens is 3. The average molecular weight is 413 g/mol. The number of carbonyl (C=O) groups excluding carboxylic acids is 1. The van der Waals surface area contributed by atoms with Crippen LogP contribution in [0.2, 0.25) is 0 Å². The Morgan fingerprint density at radius 3 is 3.00 bits per heavy atom. The molecule has 3 aromatic rings. The molecule has 31 heavy (non-hydrogen) atoms. The summed E-state index contributed by atoms with van der Waals surface area (Å²) in [7, 11) is 0. The molecule has 0 atom stereocenters. The van der Waals surface area contributed by atoms with Crippen molar-refractivity contribution in [2.45, 2.75) is 45.3 Å². The molecule has 1 aliphatic carbocycles. The number of rotatable bonds is 7. The van der Waals surface area contributed by atoms with Crippen molar-refractivity contribution < 1.29 is 9.53 Å². The van der Waals surface area contributed by atoms with Crippen molar-refractivity contribution in [3.05, 3.63) is 75.7 Å². The number of ether oxygens (including phenoxy) is 1. The van der Waals surface area contributed by atoms with E-state index in [1.807, 2.05) is 30.6 Å². The van der Waals surface area contributed by atoms with Gasteiger partial charge in [0, 0.05) is 30.1 Å². The van der Waals surface area contributed by atoms with E-state index in [1.165, 1.54) is 5.56 Å². The van der Waals surface area contributed by atoms with Crippen LogP contribution in [0.1, 0.15) is 62.5 Å². The first-order chi connectivity index (χ1) is 15.1. The molecule has 2 aromatic heterocycles. The molecule has 3 heterocycles. The summed E-state index contributed by atoms with van der Waals surface area (Å²) in [5.74, 6) is 1.01. The summed E-state index contributed by atoms with van der Waals surface area (Å²) in [6.45, 7) is 3.96. The Kier molecular flexibility index (Phi) is 5.00. The van der Waals surface area contributed by atoms with Crippen LogP contribution < -0.4 is 5.32 Å². The van der Waals surface area contributed by atoms with Crippen LogP contribution in [0, 0.1) is 18.3 Å². The number of nitriles is 1. The standard InChI is InChI=1S/C24H23N5O2/c1-15-17(4-5-20-22(15)14-31-24(20)30)6-7-26-10-16-11-28-29(13-16)23-8-21(18-2-3-18)19(9-25)12-27-23/h4-5,8,11-13,18,26H,2-3,6-7,10,14H2,1H3. The van der Waals surface area contributed by atoms with Crippen molar-refractivity contribution in [1.82, 2.24) is 20.1 Å². The lowest BCUT2D eigenvalue weighted by molar-refractivity contribution is 0.0535. The van der Waals surface area contributed by atoms with E-state index in [0.717, 1.165) is 53.9 Å². The Bertz CT molecular complexity index is 1200. The molecule has 0 amide bonds. The number of pyridine rings is 1. The highest BCUT2D eigenvalue weighted by molar-refractivity contribution is 5.93. The van der Waals surface area contributed by atoms with Crippen LogP contribution in [-0.4, -0.2) is 27.3 Å². The van der Waals surface area contributed by atoms with Crippen LogP contribution in [0.4, 0.5) is 0 Å². The predicted octanol–water partition coefficient (Wildman–Crippen LogP) is 3.33. The fourth-order valence-corrected chi connectivity index (χ4v) is 4.11. The van der Waals surface area contributed by atoms with Gasteiger partial charge in [0.05, 0.1) is 17.3 Å². The molecule has 0 saturated heterocycles. The third-order valence-corrected chi connectivity index (χ3v) is 6.11. The van der Waals surface area contributed by atoms with Gasteiger partial charge < -0.3 is 10.1 Å². The van der Waals surface area contributed by atoms with Crippen LogP contribution in [0.3, 0.4) is 0 Å². The molecule has 0 radical (unpaired) electrons. The number of benzene rings is 1. The largest absolute Gasteiger partial charge is 0.457 e. The second-order valence-electron chi connectivity index (χ2n) is 8.19. The summed E-state index contributed by atoms with van der Waals surface area (Å²) in [4.78, 5) is 16.1. The van der Waals surface area contributed by atoms with E-state index in [-0.39, 0.29) is 5.97 Å². The molecule has 1 N–H and O–H groups in total. The molecule has 156 valence electrons. The molecule has 1 fully saturated rings. The fourth-order valence-electron chi connectivity index (χ4n) is 4.11. The number of hydrogen-bond acceptors (Lipinski definition) is 6. The number of hydrogen-bond donors (Lipinski definition) is 1. The molecule has 5 rings (SSSR count). The third kappa shape index (κ3) is 3.82. The van der Waals surface area contributed by atoms with E-state index in [1.54, 1.807) is 10.9 Å². The normalized spacial score (nSPS) is 14.9. The van der Waals surface area contributed by atoms with E-state index in [2.05, 4.69) is 28.4 Å². The van der Waals surface area contributed by atoms with Gasteiger partial charge in [0.15, 0.2) is 5.82 Å². The third-order valence-electron chi connectivity index (χ3n) is 6.11. The van der Waals surface area contributed by atoms with Crippen molar-refractivity contribution in [2.75, 3.05) is 6.54 Å². The fraction of sp³-hybridized carbons (Fsp3) is 0.333. The van der Waals surface area contributed by atoms with E-state index in [9.17, 15) is 10.1 Å². The predicted molar refractivity (Wildman–Crippen MR) is 114 cm³/mol. The summed E-state index contributed by atoms with van der Waals surface area (Å²) in [5, 5.41) is 17.2. The maximum atomic E-state index is 11.7. The zero-order chi connectivity index (χ0) is 21.4. The van der Waals surface area contributed by atoms with Crippen LogP contribution in [0.15, 0.2) is 36.8 Å². The van der Waals surface area contributed by atoms with Crippen LogP contribution in [0.25, 0.3) is 5.82 Å². The first kappa shape index (κ1) is 19.5. The zero-order valence-corrected chi connectivity index (χ0v) is 17.4. The monoisotopic (exact) mass is 413 g/mol. The maximum absolute atomic E-state index is 11.7. The van der Waals surface area contributed by atoms with Gasteiger partial charge in [0.1, 0.15) is 12.7 Å². The van der Waals surface area contributed by atoms with E-state index < -0.39 is 0 Å². The Morgan fingerprint density at radius 1 is 1.32 bits per heavy atom. The summed E-state index contributed by atoms with van der Waals surface area (Å²) < 4.78 is 6.90. The van der Waals surface area contributed by atoms with Crippen molar-refractivity contribution in [2.24, 2.45) is 0 Å². The van der Waals surface area contributed by atoms with Crippen LogP contribution in [-0.2, 0) is 24.3 Å². The van der Waals surface area contributed by atoms with Gasteiger partial charge in [-0.15, -0.1) is 0 Å². The molecule has 1 saturated carbocycles. The van der Waals surface area contributed by atoms with Gasteiger partial charge in [-0.05, 0) is 67.5 Å². The zero-order valence-electron chi connectivity index (χ0n) is 17.4. The molecule has 0 unspecified atom stereocenters. The average Bonchev–Trinajstić information content (AvgIpc) is 3.41. The Balaban J connectivity index is 1.19. The lowest BCUT2D eigenvalue weighted by Crippen LogP contribution is -2.17. The molecule has 0 bridgehead atoms. The van der Waals surface area contributed by atoms with Gasteiger partial charge in [-0.2, -0.15) is 10.4 Å². The minimum atomic E-state index is -0.221. The quantitative estimate of drug-likeness (QED) is 0.472. The lowest BCUT2D eigenvalue weighted by Gasteiger charge is -2.09. The van der Waals surface area contributed by atoms with Crippen molar-refractivity contribution in [3.8, 4) is 11.9 Å². The van der Waals surface area contributed by atoms with Gasteiger partial charge in [-0.3, -0.25) is 0 Å². The van der Waals surface area contributed by atoms with Crippen molar-refractivity contribution in [1.29, 1.82) is 5.26 Å². The van der Waals surface area contributed by atoms with E-state index >= 15 is 0 Å². The first-order valence-corrected chi connectivity index (χ1v) is 10.6. The van der Waals surface area contributed by atoms with Crippen molar-refractivity contribution in [3.63, 3.8) is 0 Å². The smallest absolute Gasteiger partial charge is 0.338 e. The topological polar surface area (TPSA) is 92.8 Å². The van der Waals surface area contributed by atoms with Gasteiger partial charge in [0.2, 0.25) is 0 Å². The van der Waals surface area contributed by atoms with E-state index in [4.69, 9.17) is 4.74 Å². The maximum Gasteiger partial charge on any atom is 0.338 e. The second-order valence-corrected chi connectivity index (χ2v) is 8.19. The van der Waals surface area contributed by atoms with Gasteiger partial charge >= 0.3 is 5.97 Å². The van der Waals surface area contributed by atoms with Crippen LogP contribution in [0.5, 0.6) is 0 Å². The summed E-state index contributed by atoms with van der Waals surface area (Å²) >= 11 is 0. The molecular weight excluding hydrogens is 390 g/mol. The minimum Gasteiger partial charge on any atom is -0.457 e. The molecule has 7 nitrogen and oxygen atoms in total. The lowest BCUT2D eigenvalue weighted by atomic mass is 9.97. The highest BCUT2D eigenvalue weighted by Gasteiger charge is 2.27. The molecule has 1 aromatic carbocycles. The number of fused-ring (bicyclic) bond motifs is 1. The summed E-state index contributed by atoms with van der Waals surface area (Å²) in [6.07, 6.45) is 8.62. The van der Waals surface area contributed by atoms with E-state index in [0.29, 0.717) is 30.2 Å². The highest BCUT2D eigenvalue weighted by atomic mass is 16.5. The molecule has 2 aliphatic rings. The van der Waals surface area contributed by atoms with Gasteiger partial charge in [-0.25, -0.2) is 14.5 Å². The highest BCUT2D eigenvalue weighted by Crippen LogP contribution is 2.41. The number of esters is 1. The molecular formula is C24H23N5O2. The number of cyclic esters (lactones) is 1. The van der Waals surface area contributed by atoms with Gasteiger partial charge in [-0.1, -0.05) is 6.07 Å². The Morgan fingerprint density at radius 2 is 2.19 bits per heavy atom. The Hall–Kier alpha value is -3.50. The van der Waals surface area contributed by atoms with Crippen LogP contribution >= 0.6 is 0 Å². The second kappa shape index (κ2) is 7.97. The van der Waals surface area contributed by atoms with Gasteiger partial charge in [0.25, 0.3) is 0 Å². The summed E-state index contributed by atoms with van der Waals surface area (Å²) in [6, 6.07) is 8.13. The molecule has 7 heteroatoms. The Labute approximate surface area is 180 Å². The minimum absolute atomic E-state index is 0.221.